The van der Waals surface area contributed by atoms with Gasteiger partial charge in [-0.25, -0.2) is 9.78 Å². The molecule has 1 radical (unpaired) electrons. The molecule has 0 aliphatic heterocycles. The quantitative estimate of drug-likeness (QED) is 0.318. The van der Waals surface area contributed by atoms with Gasteiger partial charge in [-0.1, -0.05) is 23.3 Å². The zero-order valence-corrected chi connectivity index (χ0v) is 19.3. The number of benzene rings is 1. The van der Waals surface area contributed by atoms with Gasteiger partial charge in [0.15, 0.2) is 5.69 Å². The summed E-state index contributed by atoms with van der Waals surface area (Å²) in [6.07, 6.45) is 2.99. The van der Waals surface area contributed by atoms with Crippen LogP contribution < -0.4 is 4.74 Å². The van der Waals surface area contributed by atoms with Crippen molar-refractivity contribution in [2.75, 3.05) is 19.8 Å². The average Bonchev–Trinajstić information content (AvgIpc) is 2.72. The molecule has 1 aromatic carbocycles. The molecule has 6 nitrogen and oxygen atoms in total. The first-order valence-corrected chi connectivity index (χ1v) is 9.10. The Morgan fingerprint density at radius 2 is 1.87 bits per heavy atom. The fraction of sp³-hybridized carbons (Fsp3) is 0.227. The molecule has 0 unspecified atom stereocenters. The largest absolute Gasteiger partial charge is 0.491 e. The standard InChI is InChI=1S/C12H8F2N.C10H13NO4.Ir/c1-8-4-5-15-12(6-8)10-3-2-9(13)7-11(10)14;1-2-14-5-6-15-8-3-4-11-9(7-8)10(12)13;/h2,4-7H,1H3;3-4,7H,2,5-6H2,1H3,(H,12,13);/q-1;;. The van der Waals surface area contributed by atoms with Crippen LogP contribution in [0.4, 0.5) is 8.78 Å². The van der Waals surface area contributed by atoms with E-state index in [0.717, 1.165) is 17.7 Å². The van der Waals surface area contributed by atoms with Gasteiger partial charge >= 0.3 is 5.97 Å². The van der Waals surface area contributed by atoms with Crippen LogP contribution in [0.2, 0.25) is 0 Å². The molecule has 0 atom stereocenters. The summed E-state index contributed by atoms with van der Waals surface area (Å²) in [7, 11) is 0. The van der Waals surface area contributed by atoms with Crippen LogP contribution in [0.15, 0.2) is 48.8 Å². The van der Waals surface area contributed by atoms with Crippen LogP contribution in [-0.2, 0) is 24.8 Å². The minimum absolute atomic E-state index is 0. The number of pyridine rings is 2. The Morgan fingerprint density at radius 3 is 2.52 bits per heavy atom. The van der Waals surface area contributed by atoms with Gasteiger partial charge in [-0.2, -0.15) is 0 Å². The van der Waals surface area contributed by atoms with Crippen LogP contribution in [0.25, 0.3) is 11.3 Å². The SMILES string of the molecule is CCOCCOc1ccnc(C(=O)O)c1.Cc1ccnc(-c2[c-]cc(F)cc2F)c1.[Ir]. The van der Waals surface area contributed by atoms with E-state index >= 15 is 0 Å². The third kappa shape index (κ3) is 8.88. The summed E-state index contributed by atoms with van der Waals surface area (Å²) in [5, 5.41) is 8.68. The van der Waals surface area contributed by atoms with Crippen molar-refractivity contribution in [1.29, 1.82) is 0 Å². The topological polar surface area (TPSA) is 81.5 Å². The number of carbonyl (C=O) groups is 1. The molecular formula is C22H21F2IrN2O4-. The van der Waals surface area contributed by atoms with Crippen LogP contribution in [0.3, 0.4) is 0 Å². The van der Waals surface area contributed by atoms with Crippen molar-refractivity contribution in [2.24, 2.45) is 0 Å². The van der Waals surface area contributed by atoms with E-state index in [-0.39, 0.29) is 31.4 Å². The van der Waals surface area contributed by atoms with E-state index in [1.807, 2.05) is 19.9 Å². The van der Waals surface area contributed by atoms with E-state index in [4.69, 9.17) is 14.6 Å². The summed E-state index contributed by atoms with van der Waals surface area (Å²) >= 11 is 0. The van der Waals surface area contributed by atoms with Crippen molar-refractivity contribution >= 4 is 5.97 Å². The monoisotopic (exact) mass is 608 g/mol. The molecular weight excluding hydrogens is 586 g/mol. The number of aromatic carboxylic acids is 1. The molecule has 167 valence electrons. The van der Waals surface area contributed by atoms with Gasteiger partial charge in [-0.3, -0.25) is 8.78 Å². The summed E-state index contributed by atoms with van der Waals surface area (Å²) in [6, 6.07) is 11.0. The molecule has 3 aromatic rings. The zero-order chi connectivity index (χ0) is 21.9. The molecule has 0 fully saturated rings. The normalized spacial score (nSPS) is 9.81. The summed E-state index contributed by atoms with van der Waals surface area (Å²) < 4.78 is 36.4. The average molecular weight is 608 g/mol. The summed E-state index contributed by atoms with van der Waals surface area (Å²) in [4.78, 5) is 18.3. The van der Waals surface area contributed by atoms with Crippen molar-refractivity contribution in [3.8, 4) is 17.0 Å². The van der Waals surface area contributed by atoms with E-state index in [1.54, 1.807) is 18.3 Å². The molecule has 0 aliphatic rings. The first kappa shape index (κ1) is 26.3. The molecule has 9 heteroatoms. The van der Waals surface area contributed by atoms with Crippen molar-refractivity contribution in [3.63, 3.8) is 0 Å². The Labute approximate surface area is 192 Å². The molecule has 0 spiro atoms. The molecule has 0 bridgehead atoms. The predicted molar refractivity (Wildman–Crippen MR) is 106 cm³/mol. The number of hydrogen-bond donors (Lipinski definition) is 1. The molecule has 2 aromatic heterocycles. The fourth-order valence-corrected chi connectivity index (χ4v) is 2.29. The van der Waals surface area contributed by atoms with Crippen LogP contribution >= 0.6 is 0 Å². The van der Waals surface area contributed by atoms with Gasteiger partial charge < -0.3 is 19.6 Å². The van der Waals surface area contributed by atoms with Crippen LogP contribution in [0.5, 0.6) is 5.75 Å². The number of hydrogen-bond acceptors (Lipinski definition) is 5. The summed E-state index contributed by atoms with van der Waals surface area (Å²) in [5.74, 6) is -1.86. The Kier molecular flexibility index (Phi) is 11.5. The van der Waals surface area contributed by atoms with Gasteiger partial charge in [0.2, 0.25) is 0 Å². The van der Waals surface area contributed by atoms with Crippen LogP contribution in [0, 0.1) is 24.6 Å². The third-order valence-corrected chi connectivity index (χ3v) is 3.68. The molecule has 3 rings (SSSR count). The van der Waals surface area contributed by atoms with Gasteiger partial charge in [-0.05, 0) is 31.7 Å². The Hall–Kier alpha value is -2.74. The van der Waals surface area contributed by atoms with Gasteiger partial charge in [0, 0.05) is 56.8 Å². The second-order valence-corrected chi connectivity index (χ2v) is 5.99. The first-order chi connectivity index (χ1) is 14.4. The number of carboxylic acid groups (broad SMARTS) is 1. The summed E-state index contributed by atoms with van der Waals surface area (Å²) in [5.41, 5.74) is 1.61. The van der Waals surface area contributed by atoms with Crippen molar-refractivity contribution in [3.05, 3.63) is 77.8 Å². The Balaban J connectivity index is 0.000000300. The van der Waals surface area contributed by atoms with Crippen LogP contribution in [0.1, 0.15) is 23.0 Å². The van der Waals surface area contributed by atoms with Crippen molar-refractivity contribution < 1.29 is 48.3 Å². The molecule has 31 heavy (non-hydrogen) atoms. The smallest absolute Gasteiger partial charge is 0.354 e. The second kappa shape index (κ2) is 13.5. The van der Waals surface area contributed by atoms with Crippen LogP contribution in [-0.4, -0.2) is 40.9 Å². The molecule has 0 amide bonds. The van der Waals surface area contributed by atoms with Gasteiger partial charge in [0.25, 0.3) is 0 Å². The van der Waals surface area contributed by atoms with E-state index in [2.05, 4.69) is 16.0 Å². The predicted octanol–water partition coefficient (Wildman–Crippen LogP) is 4.33. The molecule has 0 saturated heterocycles. The number of aryl methyl sites for hydroxylation is 1. The van der Waals surface area contributed by atoms with Crippen molar-refractivity contribution in [1.82, 2.24) is 9.97 Å². The van der Waals surface area contributed by atoms with E-state index in [0.29, 0.717) is 31.3 Å². The Morgan fingerprint density at radius 1 is 1.13 bits per heavy atom. The van der Waals surface area contributed by atoms with Gasteiger partial charge in [-0.15, -0.1) is 12.1 Å². The van der Waals surface area contributed by atoms with E-state index < -0.39 is 17.6 Å². The Bertz CT molecular complexity index is 989. The second-order valence-electron chi connectivity index (χ2n) is 5.99. The number of rotatable bonds is 7. The number of aromatic nitrogens is 2. The minimum Gasteiger partial charge on any atom is -0.491 e. The molecule has 1 N–H and O–H groups in total. The maximum absolute atomic E-state index is 13.4. The van der Waals surface area contributed by atoms with E-state index in [1.165, 1.54) is 12.3 Å². The van der Waals surface area contributed by atoms with Gasteiger partial charge in [0.05, 0.1) is 6.61 Å². The minimum atomic E-state index is -1.06. The number of halogens is 2. The molecule has 0 saturated carbocycles. The van der Waals surface area contributed by atoms with E-state index in [9.17, 15) is 13.6 Å². The summed E-state index contributed by atoms with van der Waals surface area (Å²) in [6.45, 7) is 5.31. The maximum Gasteiger partial charge on any atom is 0.354 e. The van der Waals surface area contributed by atoms with Gasteiger partial charge in [0.1, 0.15) is 12.4 Å². The zero-order valence-electron chi connectivity index (χ0n) is 16.9. The number of nitrogens with zero attached hydrogens (tertiary/aromatic N) is 2. The first-order valence-electron chi connectivity index (χ1n) is 9.10. The maximum atomic E-state index is 13.4. The van der Waals surface area contributed by atoms with Crippen molar-refractivity contribution in [2.45, 2.75) is 13.8 Å². The number of carboxylic acids is 1. The third-order valence-electron chi connectivity index (χ3n) is 3.68. The fourth-order valence-electron chi connectivity index (χ4n) is 2.29. The number of ether oxygens (including phenoxy) is 2. The molecule has 2 heterocycles. The molecule has 0 aliphatic carbocycles.